The second kappa shape index (κ2) is 11.4. The second-order valence-corrected chi connectivity index (χ2v) is 8.55. The first kappa shape index (κ1) is 27.0. The summed E-state index contributed by atoms with van der Waals surface area (Å²) in [5.41, 5.74) is 2.16. The van der Waals surface area contributed by atoms with Crippen LogP contribution in [-0.2, 0) is 20.7 Å². The number of amides is 1. The van der Waals surface area contributed by atoms with Crippen LogP contribution in [0, 0.1) is 0 Å². The van der Waals surface area contributed by atoms with Gasteiger partial charge in [-0.1, -0.05) is 29.8 Å². The number of rotatable bonds is 10. The Bertz CT molecular complexity index is 1260. The highest BCUT2D eigenvalue weighted by atomic mass is 35.5. The van der Waals surface area contributed by atoms with Gasteiger partial charge in [0.25, 0.3) is 5.91 Å². The summed E-state index contributed by atoms with van der Waals surface area (Å²) in [6.07, 6.45) is -4.12. The number of hydrogen-bond acceptors (Lipinski definition) is 5. The third-order valence-corrected chi connectivity index (χ3v) is 5.54. The summed E-state index contributed by atoms with van der Waals surface area (Å²) in [6, 6.07) is 10.7. The molecule has 2 atom stereocenters. The van der Waals surface area contributed by atoms with E-state index >= 15 is 0 Å². The molecular weight excluding hydrogens is 503 g/mol. The van der Waals surface area contributed by atoms with E-state index in [1.807, 2.05) is 6.92 Å². The van der Waals surface area contributed by atoms with Crippen LogP contribution in [0.25, 0.3) is 10.9 Å². The van der Waals surface area contributed by atoms with Crippen molar-refractivity contribution in [3.8, 4) is 0 Å². The standard InChI is InChI=1S/C24H23ClF3N3O5/c1-13(29-11-20(36-23(35)24(26,27)28)14-3-2-4-17(25)8-14)7-16-10-30-19-9-15(5-6-18(16)19)22(34)31-12-21(32)33/h2-6,8-10,13,20,29-30H,7,11-12H2,1H3,(H,31,34)(H,32,33)/t13-,20+/m1/s1. The van der Waals surface area contributed by atoms with E-state index in [1.165, 1.54) is 12.1 Å². The number of carbonyl (C=O) groups excluding carboxylic acids is 2. The van der Waals surface area contributed by atoms with E-state index in [4.69, 9.17) is 21.4 Å². The number of hydrogen-bond donors (Lipinski definition) is 4. The first-order chi connectivity index (χ1) is 16.9. The molecule has 0 radical (unpaired) electrons. The smallest absolute Gasteiger partial charge is 0.480 e. The molecule has 0 fully saturated rings. The topological polar surface area (TPSA) is 121 Å². The average Bonchev–Trinajstić information content (AvgIpc) is 3.21. The fourth-order valence-corrected chi connectivity index (χ4v) is 3.79. The number of halogens is 4. The molecule has 0 spiro atoms. The zero-order valence-corrected chi connectivity index (χ0v) is 19.7. The Hall–Kier alpha value is -3.57. The number of aliphatic carboxylic acids is 1. The number of aromatic nitrogens is 1. The normalized spacial score (nSPS) is 13.2. The van der Waals surface area contributed by atoms with Crippen LogP contribution in [-0.4, -0.2) is 53.2 Å². The molecule has 1 aromatic heterocycles. The molecule has 192 valence electrons. The predicted octanol–water partition coefficient (Wildman–Crippen LogP) is 4.00. The molecule has 2 aromatic carbocycles. The molecule has 0 aliphatic carbocycles. The van der Waals surface area contributed by atoms with Crippen molar-refractivity contribution in [2.75, 3.05) is 13.1 Å². The number of carbonyl (C=O) groups is 3. The van der Waals surface area contributed by atoms with Crippen LogP contribution in [0.5, 0.6) is 0 Å². The number of H-pyrrole nitrogens is 1. The molecular formula is C24H23ClF3N3O5. The fourth-order valence-electron chi connectivity index (χ4n) is 3.60. The first-order valence-corrected chi connectivity index (χ1v) is 11.2. The Morgan fingerprint density at radius 1 is 1.17 bits per heavy atom. The lowest BCUT2D eigenvalue weighted by Crippen LogP contribution is -2.35. The molecule has 0 aliphatic heterocycles. The predicted molar refractivity (Wildman–Crippen MR) is 126 cm³/mol. The summed E-state index contributed by atoms with van der Waals surface area (Å²) in [5.74, 6) is -3.97. The fraction of sp³-hybridized carbons (Fsp3) is 0.292. The minimum absolute atomic E-state index is 0.0837. The number of aromatic amines is 1. The summed E-state index contributed by atoms with van der Waals surface area (Å²) in [5, 5.41) is 15.2. The highest BCUT2D eigenvalue weighted by Crippen LogP contribution is 2.26. The van der Waals surface area contributed by atoms with Crippen LogP contribution in [0.2, 0.25) is 5.02 Å². The zero-order valence-electron chi connectivity index (χ0n) is 19.0. The molecule has 36 heavy (non-hydrogen) atoms. The number of ether oxygens (including phenoxy) is 1. The first-order valence-electron chi connectivity index (χ1n) is 10.8. The second-order valence-electron chi connectivity index (χ2n) is 8.11. The van der Waals surface area contributed by atoms with Crippen molar-refractivity contribution >= 4 is 40.3 Å². The van der Waals surface area contributed by atoms with Gasteiger partial charge in [0.05, 0.1) is 0 Å². The molecule has 1 amide bonds. The van der Waals surface area contributed by atoms with E-state index in [0.29, 0.717) is 28.1 Å². The number of carboxylic acids is 1. The van der Waals surface area contributed by atoms with E-state index in [1.54, 1.807) is 36.5 Å². The van der Waals surface area contributed by atoms with Crippen LogP contribution in [0.4, 0.5) is 13.2 Å². The van der Waals surface area contributed by atoms with Gasteiger partial charge in [-0.3, -0.25) is 9.59 Å². The van der Waals surface area contributed by atoms with Crippen LogP contribution in [0.3, 0.4) is 0 Å². The number of carboxylic acid groups (broad SMARTS) is 1. The molecule has 1 heterocycles. The largest absolute Gasteiger partial charge is 0.490 e. The van der Waals surface area contributed by atoms with Crippen molar-refractivity contribution in [2.45, 2.75) is 31.7 Å². The molecule has 3 aromatic rings. The number of alkyl halides is 3. The minimum atomic E-state index is -5.13. The van der Waals surface area contributed by atoms with E-state index in [0.717, 1.165) is 10.9 Å². The quantitative estimate of drug-likeness (QED) is 0.297. The van der Waals surface area contributed by atoms with Crippen LogP contribution >= 0.6 is 11.6 Å². The van der Waals surface area contributed by atoms with E-state index in [2.05, 4.69) is 15.6 Å². The lowest BCUT2D eigenvalue weighted by molar-refractivity contribution is -0.205. The van der Waals surface area contributed by atoms with Crippen LogP contribution in [0.1, 0.15) is 34.5 Å². The molecule has 12 heteroatoms. The summed E-state index contributed by atoms with van der Waals surface area (Å²) in [7, 11) is 0. The van der Waals surface area contributed by atoms with Gasteiger partial charge in [0, 0.05) is 40.3 Å². The summed E-state index contributed by atoms with van der Waals surface area (Å²) < 4.78 is 43.1. The van der Waals surface area contributed by atoms with E-state index in [-0.39, 0.29) is 12.6 Å². The van der Waals surface area contributed by atoms with Gasteiger partial charge < -0.3 is 25.5 Å². The zero-order chi connectivity index (χ0) is 26.5. The lowest BCUT2D eigenvalue weighted by atomic mass is 10.0. The molecule has 0 aliphatic rings. The van der Waals surface area contributed by atoms with Gasteiger partial charge in [0.1, 0.15) is 12.6 Å². The van der Waals surface area contributed by atoms with Crippen molar-refractivity contribution < 1.29 is 37.4 Å². The van der Waals surface area contributed by atoms with Gasteiger partial charge >= 0.3 is 18.1 Å². The molecule has 4 N–H and O–H groups in total. The molecule has 3 rings (SSSR count). The average molecular weight is 526 g/mol. The summed E-state index contributed by atoms with van der Waals surface area (Å²) in [6.45, 7) is 1.25. The SMILES string of the molecule is C[C@H](Cc1c[nH]c2cc(C(=O)NCC(=O)O)ccc12)NC[C@H](OC(=O)C(F)(F)F)c1cccc(Cl)c1. The maximum Gasteiger partial charge on any atom is 0.490 e. The molecule has 0 bridgehead atoms. The van der Waals surface area contributed by atoms with Crippen LogP contribution in [0.15, 0.2) is 48.7 Å². The molecule has 0 saturated heterocycles. The lowest BCUT2D eigenvalue weighted by Gasteiger charge is -2.22. The van der Waals surface area contributed by atoms with E-state index in [9.17, 15) is 27.6 Å². The Morgan fingerprint density at radius 3 is 2.58 bits per heavy atom. The maximum atomic E-state index is 12.8. The van der Waals surface area contributed by atoms with Crippen molar-refractivity contribution in [3.63, 3.8) is 0 Å². The maximum absolute atomic E-state index is 12.8. The number of nitrogens with one attached hydrogen (secondary N) is 3. The van der Waals surface area contributed by atoms with Crippen molar-refractivity contribution in [2.24, 2.45) is 0 Å². The highest BCUT2D eigenvalue weighted by molar-refractivity contribution is 6.30. The summed E-state index contributed by atoms with van der Waals surface area (Å²) >= 11 is 5.95. The van der Waals surface area contributed by atoms with Crippen molar-refractivity contribution in [1.82, 2.24) is 15.6 Å². The van der Waals surface area contributed by atoms with E-state index < -0.39 is 36.7 Å². The highest BCUT2D eigenvalue weighted by Gasteiger charge is 2.42. The Balaban J connectivity index is 1.67. The molecule has 8 nitrogen and oxygen atoms in total. The van der Waals surface area contributed by atoms with Gasteiger partial charge in [-0.15, -0.1) is 0 Å². The number of benzene rings is 2. The van der Waals surface area contributed by atoms with Crippen molar-refractivity contribution in [1.29, 1.82) is 0 Å². The van der Waals surface area contributed by atoms with Crippen molar-refractivity contribution in [3.05, 3.63) is 70.4 Å². The Labute approximate surface area is 208 Å². The monoisotopic (exact) mass is 525 g/mol. The molecule has 0 saturated carbocycles. The Morgan fingerprint density at radius 2 is 1.92 bits per heavy atom. The summed E-state index contributed by atoms with van der Waals surface area (Å²) in [4.78, 5) is 37.2. The van der Waals surface area contributed by atoms with Gasteiger partial charge in [0.15, 0.2) is 0 Å². The third-order valence-electron chi connectivity index (χ3n) is 5.31. The number of fused-ring (bicyclic) bond motifs is 1. The molecule has 0 unspecified atom stereocenters. The van der Waals surface area contributed by atoms with Crippen LogP contribution < -0.4 is 10.6 Å². The Kier molecular flexibility index (Phi) is 8.59. The number of esters is 1. The third kappa shape index (κ3) is 7.22. The van der Waals surface area contributed by atoms with Gasteiger partial charge in [-0.05, 0) is 48.7 Å². The van der Waals surface area contributed by atoms with Gasteiger partial charge in [0.2, 0.25) is 0 Å². The minimum Gasteiger partial charge on any atom is -0.480 e. The van der Waals surface area contributed by atoms with Gasteiger partial charge in [-0.25, -0.2) is 4.79 Å². The van der Waals surface area contributed by atoms with Gasteiger partial charge in [-0.2, -0.15) is 13.2 Å².